The smallest absolute Gasteiger partial charge is 0.410 e. The average molecular weight is 488 g/mol. The number of hydrogen-bond donors (Lipinski definition) is 1. The van der Waals surface area contributed by atoms with Crippen LogP contribution in [-0.4, -0.2) is 70.6 Å². The average Bonchev–Trinajstić information content (AvgIpc) is 3.26. The van der Waals surface area contributed by atoms with Crippen molar-refractivity contribution in [2.45, 2.75) is 89.6 Å². The number of esters is 1. The van der Waals surface area contributed by atoms with Gasteiger partial charge in [0.25, 0.3) is 0 Å². The number of likely N-dealkylation sites (tertiary alicyclic amines) is 1. The Bertz CT molecular complexity index is 938. The van der Waals surface area contributed by atoms with Gasteiger partial charge in [0.15, 0.2) is 0 Å². The summed E-state index contributed by atoms with van der Waals surface area (Å²) in [6.07, 6.45) is 2.38. The fraction of sp³-hybridized carbons (Fsp3) is 0.615. The van der Waals surface area contributed by atoms with Gasteiger partial charge >= 0.3 is 12.1 Å². The molecule has 3 amide bonds. The molecule has 1 aliphatic carbocycles. The SMILES string of the molecule is COC(=O)[C@H](C)NC(=O)C1(N(Cc2ccccc2)C(=O)[C@@H]2CCCN2C(=O)OC(C)(C)C)CCC1. The van der Waals surface area contributed by atoms with Crippen LogP contribution in [0.25, 0.3) is 0 Å². The van der Waals surface area contributed by atoms with Gasteiger partial charge in [-0.25, -0.2) is 9.59 Å². The molecule has 2 aliphatic rings. The Kier molecular flexibility index (Phi) is 8.07. The van der Waals surface area contributed by atoms with Crippen LogP contribution in [0.3, 0.4) is 0 Å². The summed E-state index contributed by atoms with van der Waals surface area (Å²) in [5.41, 5.74) is -0.907. The van der Waals surface area contributed by atoms with Crippen LogP contribution in [0.5, 0.6) is 0 Å². The minimum Gasteiger partial charge on any atom is -0.467 e. The molecule has 0 bridgehead atoms. The Labute approximate surface area is 207 Å². The van der Waals surface area contributed by atoms with Crippen LogP contribution < -0.4 is 5.32 Å². The van der Waals surface area contributed by atoms with Gasteiger partial charge in [-0.15, -0.1) is 0 Å². The quantitative estimate of drug-likeness (QED) is 0.593. The van der Waals surface area contributed by atoms with E-state index in [1.54, 1.807) is 32.6 Å². The van der Waals surface area contributed by atoms with Crippen molar-refractivity contribution >= 4 is 23.9 Å². The van der Waals surface area contributed by atoms with Crippen LogP contribution in [-0.2, 0) is 30.4 Å². The summed E-state index contributed by atoms with van der Waals surface area (Å²) >= 11 is 0. The molecule has 9 heteroatoms. The highest BCUT2D eigenvalue weighted by Gasteiger charge is 2.53. The second-order valence-electron chi connectivity index (χ2n) is 10.3. The minimum atomic E-state index is -1.10. The second kappa shape index (κ2) is 10.7. The van der Waals surface area contributed by atoms with Gasteiger partial charge < -0.3 is 19.7 Å². The summed E-state index contributed by atoms with van der Waals surface area (Å²) in [5, 5.41) is 2.74. The molecular formula is C26H37N3O6. The number of methoxy groups -OCH3 is 1. The standard InChI is InChI=1S/C26H37N3O6/c1-18(22(31)34-5)27-23(32)26(14-10-15-26)29(17-19-11-7-6-8-12-19)21(30)20-13-9-16-28(20)24(33)35-25(2,3)4/h6-8,11-12,18,20H,9-10,13-17H2,1-5H3,(H,27,32)/t18-,20-/m0/s1. The van der Waals surface area contributed by atoms with Crippen LogP contribution in [0.15, 0.2) is 30.3 Å². The van der Waals surface area contributed by atoms with Crippen LogP contribution in [0.4, 0.5) is 4.79 Å². The highest BCUT2D eigenvalue weighted by molar-refractivity contribution is 5.96. The summed E-state index contributed by atoms with van der Waals surface area (Å²) in [4.78, 5) is 55.5. The van der Waals surface area contributed by atoms with E-state index in [1.165, 1.54) is 12.0 Å². The third-order valence-electron chi connectivity index (χ3n) is 6.64. The maximum Gasteiger partial charge on any atom is 0.410 e. The predicted molar refractivity (Wildman–Crippen MR) is 129 cm³/mol. The predicted octanol–water partition coefficient (Wildman–Crippen LogP) is 3.02. The lowest BCUT2D eigenvalue weighted by atomic mass is 9.73. The minimum absolute atomic E-state index is 0.221. The lowest BCUT2D eigenvalue weighted by Crippen LogP contribution is -2.67. The normalized spacial score (nSPS) is 19.8. The summed E-state index contributed by atoms with van der Waals surface area (Å²) in [5.74, 6) is -1.22. The van der Waals surface area contributed by atoms with E-state index >= 15 is 0 Å². The van der Waals surface area contributed by atoms with Crippen LogP contribution in [0.1, 0.15) is 65.4 Å². The van der Waals surface area contributed by atoms with Crippen molar-refractivity contribution in [3.8, 4) is 0 Å². The summed E-state index contributed by atoms with van der Waals surface area (Å²) in [6, 6.07) is 7.91. The third-order valence-corrected chi connectivity index (χ3v) is 6.64. The first kappa shape index (κ1) is 26.5. The van der Waals surface area contributed by atoms with E-state index in [9.17, 15) is 19.2 Å². The number of carbonyl (C=O) groups is 4. The van der Waals surface area contributed by atoms with Crippen LogP contribution >= 0.6 is 0 Å². The second-order valence-corrected chi connectivity index (χ2v) is 10.3. The van der Waals surface area contributed by atoms with Crippen LogP contribution in [0, 0.1) is 0 Å². The number of amides is 3. The third kappa shape index (κ3) is 5.94. The number of carbonyl (C=O) groups excluding carboxylic acids is 4. The van der Waals surface area contributed by atoms with E-state index in [1.807, 2.05) is 30.3 Å². The van der Waals surface area contributed by atoms with Gasteiger partial charge in [0.1, 0.15) is 23.2 Å². The van der Waals surface area contributed by atoms with Crippen LogP contribution in [0.2, 0.25) is 0 Å². The molecule has 3 rings (SSSR count). The molecule has 2 fully saturated rings. The molecular weight excluding hydrogens is 450 g/mol. The number of nitrogens with one attached hydrogen (secondary N) is 1. The van der Waals surface area contributed by atoms with E-state index in [4.69, 9.17) is 9.47 Å². The van der Waals surface area contributed by atoms with E-state index in [-0.39, 0.29) is 18.4 Å². The van der Waals surface area contributed by atoms with Crippen molar-refractivity contribution in [1.82, 2.24) is 15.1 Å². The van der Waals surface area contributed by atoms with Crippen molar-refractivity contribution in [1.29, 1.82) is 0 Å². The number of nitrogens with zero attached hydrogens (tertiary/aromatic N) is 2. The molecule has 0 radical (unpaired) electrons. The molecule has 9 nitrogen and oxygen atoms in total. The van der Waals surface area contributed by atoms with E-state index < -0.39 is 35.3 Å². The van der Waals surface area contributed by atoms with Gasteiger partial charge in [-0.05, 0) is 65.4 Å². The zero-order valence-corrected chi connectivity index (χ0v) is 21.3. The monoisotopic (exact) mass is 487 g/mol. The van der Waals surface area contributed by atoms with Gasteiger partial charge in [-0.3, -0.25) is 14.5 Å². The molecule has 0 aromatic heterocycles. The summed E-state index contributed by atoms with van der Waals surface area (Å²) < 4.78 is 10.3. The Hall–Kier alpha value is -3.10. The zero-order valence-electron chi connectivity index (χ0n) is 21.3. The number of benzene rings is 1. The molecule has 0 spiro atoms. The molecule has 1 aliphatic heterocycles. The molecule has 1 saturated carbocycles. The Morgan fingerprint density at radius 1 is 1.14 bits per heavy atom. The molecule has 1 saturated heterocycles. The lowest BCUT2D eigenvalue weighted by molar-refractivity contribution is -0.159. The number of ether oxygens (including phenoxy) is 2. The van der Waals surface area contributed by atoms with E-state index in [0.717, 1.165) is 12.0 Å². The summed E-state index contributed by atoms with van der Waals surface area (Å²) in [7, 11) is 1.26. The number of rotatable bonds is 7. The van der Waals surface area contributed by atoms with Gasteiger partial charge in [0, 0.05) is 13.1 Å². The Balaban J connectivity index is 1.91. The first-order chi connectivity index (χ1) is 16.5. The van der Waals surface area contributed by atoms with Gasteiger partial charge in [0.05, 0.1) is 7.11 Å². The molecule has 2 atom stereocenters. The first-order valence-electron chi connectivity index (χ1n) is 12.2. The van der Waals surface area contributed by atoms with Gasteiger partial charge in [0.2, 0.25) is 11.8 Å². The van der Waals surface area contributed by atoms with Crippen molar-refractivity contribution in [3.05, 3.63) is 35.9 Å². The molecule has 192 valence electrons. The number of hydrogen-bond acceptors (Lipinski definition) is 6. The Morgan fingerprint density at radius 3 is 2.34 bits per heavy atom. The molecule has 1 N–H and O–H groups in total. The lowest BCUT2D eigenvalue weighted by Gasteiger charge is -2.50. The van der Waals surface area contributed by atoms with E-state index in [2.05, 4.69) is 5.32 Å². The molecule has 35 heavy (non-hydrogen) atoms. The largest absolute Gasteiger partial charge is 0.467 e. The van der Waals surface area contributed by atoms with Crippen molar-refractivity contribution in [2.75, 3.05) is 13.7 Å². The van der Waals surface area contributed by atoms with Gasteiger partial charge in [-0.1, -0.05) is 30.3 Å². The highest BCUT2D eigenvalue weighted by atomic mass is 16.6. The maximum absolute atomic E-state index is 14.1. The summed E-state index contributed by atoms with van der Waals surface area (Å²) in [6.45, 7) is 7.56. The fourth-order valence-corrected chi connectivity index (χ4v) is 4.65. The molecule has 1 heterocycles. The van der Waals surface area contributed by atoms with Crippen molar-refractivity contribution in [3.63, 3.8) is 0 Å². The van der Waals surface area contributed by atoms with Crippen molar-refractivity contribution in [2.24, 2.45) is 0 Å². The maximum atomic E-state index is 14.1. The first-order valence-corrected chi connectivity index (χ1v) is 12.2. The highest BCUT2D eigenvalue weighted by Crippen LogP contribution is 2.40. The van der Waals surface area contributed by atoms with E-state index in [0.29, 0.717) is 32.2 Å². The topological polar surface area (TPSA) is 105 Å². The van der Waals surface area contributed by atoms with Gasteiger partial charge in [-0.2, -0.15) is 0 Å². The fourth-order valence-electron chi connectivity index (χ4n) is 4.65. The zero-order chi connectivity index (χ0) is 25.8. The Morgan fingerprint density at radius 2 is 1.80 bits per heavy atom. The molecule has 1 aromatic carbocycles. The molecule has 1 aromatic rings. The molecule has 0 unspecified atom stereocenters. The van der Waals surface area contributed by atoms with Crippen molar-refractivity contribution < 1.29 is 28.7 Å².